The molecule has 0 radical (unpaired) electrons. The second-order valence-corrected chi connectivity index (χ2v) is 38.0. The van der Waals surface area contributed by atoms with E-state index in [0.717, 1.165) is 49.7 Å². The van der Waals surface area contributed by atoms with E-state index >= 15 is 0 Å². The van der Waals surface area contributed by atoms with Crippen LogP contribution in [-0.4, -0.2) is 0 Å². The number of nitriles is 4. The normalized spacial score (nSPS) is 11.6. The van der Waals surface area contributed by atoms with E-state index in [-0.39, 0.29) is 0 Å². The molecule has 30 aromatic carbocycles. The van der Waals surface area contributed by atoms with Gasteiger partial charge in [-0.05, 0) is 392 Å². The van der Waals surface area contributed by atoms with E-state index in [2.05, 4.69) is 437 Å². The summed E-state index contributed by atoms with van der Waals surface area (Å²) < 4.78 is 0. The molecule has 0 spiro atoms. The Hall–Kier alpha value is -19.7. The number of fused-ring (bicyclic) bond motifs is 2. The maximum absolute atomic E-state index is 9.79. The van der Waals surface area contributed by atoms with Crippen LogP contribution in [0.2, 0.25) is 0 Å². The van der Waals surface area contributed by atoms with Crippen molar-refractivity contribution in [1.82, 2.24) is 0 Å². The van der Waals surface area contributed by atoms with Gasteiger partial charge in [-0.15, -0.1) is 0 Å². The van der Waals surface area contributed by atoms with Gasteiger partial charge in [0.25, 0.3) is 0 Å². The van der Waals surface area contributed by atoms with Gasteiger partial charge in [-0.25, -0.2) is 0 Å². The molecule has 0 heterocycles. The Kier molecular flexibility index (Phi) is 19.8. The van der Waals surface area contributed by atoms with Crippen molar-refractivity contribution in [3.63, 3.8) is 0 Å². The van der Waals surface area contributed by atoms with Crippen LogP contribution in [0.4, 0.5) is 0 Å². The van der Waals surface area contributed by atoms with Crippen LogP contribution in [-0.2, 0) is 0 Å². The zero-order valence-electron chi connectivity index (χ0n) is 78.0. The molecule has 0 aliphatic carbocycles. The number of nitrogens with zero attached hydrogens (tertiary/aromatic N) is 4. The molecule has 144 heavy (non-hydrogen) atoms. The van der Waals surface area contributed by atoms with Crippen molar-refractivity contribution in [1.29, 1.82) is 21.0 Å². The Morgan fingerprint density at radius 3 is 0.861 bits per heavy atom. The minimum absolute atomic E-state index is 0.656. The third kappa shape index (κ3) is 14.2. The van der Waals surface area contributed by atoms with E-state index in [1.807, 2.05) is 72.8 Å². The van der Waals surface area contributed by atoms with E-state index in [9.17, 15) is 10.5 Å². The van der Waals surface area contributed by atoms with Crippen molar-refractivity contribution in [2.45, 2.75) is 0 Å². The Morgan fingerprint density at radius 1 is 0.104 bits per heavy atom. The molecule has 660 valence electrons. The Labute approximate surface area is 830 Å². The van der Waals surface area contributed by atoms with Crippen molar-refractivity contribution in [2.75, 3.05) is 0 Å². The first-order valence-corrected chi connectivity index (χ1v) is 48.8. The molecule has 0 atom stereocenters. The molecular formula is C140H80N4. The minimum atomic E-state index is 0.656. The highest BCUT2D eigenvalue weighted by atomic mass is 14.3. The van der Waals surface area contributed by atoms with Crippen LogP contribution in [0, 0.1) is 45.3 Å². The van der Waals surface area contributed by atoms with Crippen LogP contribution < -0.4 is 0 Å². The molecule has 4 heteroatoms. The average Bonchev–Trinajstić information content (AvgIpc) is 0.718. The standard InChI is InChI=1S/C55H31N.C35H21N.C27H15N.C23H13N/c56-32-33-4-1-9-40(26-33)45-29-46(31-47(30-45)49-23-19-39-13-11-35-6-3-8-37-21-25-51(49)55(39)53(35)37)43-15-14-42-28-44(17-16-41(42)27-43)48-22-18-38-12-10-34-5-2-7-36-20-24-50(48)54(38)52(34)36;36-22-23-11-13-26(14-12-23)33-21-27-15-16-28(24-7-3-1-4-8-24)30-19-20-31-29(25-9-5-2-6-10-25)17-18-32(33)35(31)34(27)30;28-16-17-7-8-21-14-22(12-11-20(21)13-17)25-15-23-5-1-3-18-9-10-19-4-2-6-24(25)27(19)26(18)23;24-14-15-4-6-16(7-5-15)21-12-19-10-8-17-2-1-3-18-9-11-20(13-21)23(19)22(17)18/h1-31H;1-21H;1-15H;1-13H. The number of benzene rings is 30. The lowest BCUT2D eigenvalue weighted by Crippen LogP contribution is -1.92. The third-order valence-electron chi connectivity index (χ3n) is 30.0. The number of hydrogen-bond donors (Lipinski definition) is 0. The van der Waals surface area contributed by atoms with Crippen LogP contribution in [0.3, 0.4) is 0 Å². The highest BCUT2D eigenvalue weighted by Gasteiger charge is 2.23. The highest BCUT2D eigenvalue weighted by Crippen LogP contribution is 2.50. The second kappa shape index (κ2) is 34.2. The van der Waals surface area contributed by atoms with Gasteiger partial charge in [-0.2, -0.15) is 21.0 Å². The average molecular weight is 1820 g/mol. The molecule has 0 aliphatic heterocycles. The first-order chi connectivity index (χ1) is 71.1. The van der Waals surface area contributed by atoms with E-state index in [0.29, 0.717) is 22.3 Å². The number of hydrogen-bond acceptors (Lipinski definition) is 4. The summed E-state index contributed by atoms with van der Waals surface area (Å²) in [6, 6.07) is 183. The van der Waals surface area contributed by atoms with Gasteiger partial charge >= 0.3 is 0 Å². The molecule has 4 nitrogen and oxygen atoms in total. The molecule has 0 saturated carbocycles. The first-order valence-electron chi connectivity index (χ1n) is 48.8. The molecular weight excluding hydrogens is 1740 g/mol. The molecule has 0 amide bonds. The molecule has 0 saturated heterocycles. The highest BCUT2D eigenvalue weighted by molar-refractivity contribution is 6.33. The summed E-state index contributed by atoms with van der Waals surface area (Å²) >= 11 is 0. The summed E-state index contributed by atoms with van der Waals surface area (Å²) in [6.45, 7) is 0. The monoisotopic (exact) mass is 1820 g/mol. The maximum Gasteiger partial charge on any atom is 0.0991 e. The predicted octanol–water partition coefficient (Wildman–Crippen LogP) is 38.0. The van der Waals surface area contributed by atoms with E-state index in [4.69, 9.17) is 10.5 Å². The maximum atomic E-state index is 9.79. The smallest absolute Gasteiger partial charge is 0.0991 e. The largest absolute Gasteiger partial charge is 0.192 e. The third-order valence-corrected chi connectivity index (χ3v) is 30.0. The summed E-state index contributed by atoms with van der Waals surface area (Å²) in [6.07, 6.45) is 0. The fourth-order valence-corrected chi connectivity index (χ4v) is 23.2. The topological polar surface area (TPSA) is 95.2 Å². The van der Waals surface area contributed by atoms with Crippen LogP contribution in [0.25, 0.3) is 283 Å². The van der Waals surface area contributed by atoms with Crippen LogP contribution in [0.5, 0.6) is 0 Å². The van der Waals surface area contributed by atoms with Crippen molar-refractivity contribution in [3.8, 4) is 124 Å². The van der Waals surface area contributed by atoms with Crippen molar-refractivity contribution < 1.29 is 0 Å². The van der Waals surface area contributed by atoms with Gasteiger partial charge in [-0.1, -0.05) is 376 Å². The van der Waals surface area contributed by atoms with Gasteiger partial charge in [0.2, 0.25) is 0 Å². The predicted molar refractivity (Wildman–Crippen MR) is 607 cm³/mol. The Balaban J connectivity index is 0.000000101. The fourth-order valence-electron chi connectivity index (χ4n) is 23.2. The van der Waals surface area contributed by atoms with E-state index in [1.54, 1.807) is 0 Å². The number of rotatable bonds is 9. The molecule has 0 bridgehead atoms. The Morgan fingerprint density at radius 2 is 0.347 bits per heavy atom. The zero-order chi connectivity index (χ0) is 95.7. The van der Waals surface area contributed by atoms with Crippen LogP contribution in [0.1, 0.15) is 22.3 Å². The molecule has 0 aliphatic rings. The van der Waals surface area contributed by atoms with E-state index in [1.165, 1.54) is 234 Å². The molecule has 30 rings (SSSR count). The molecule has 0 N–H and O–H groups in total. The lowest BCUT2D eigenvalue weighted by molar-refractivity contribution is 1.48. The molecule has 0 unspecified atom stereocenters. The first kappa shape index (κ1) is 83.6. The van der Waals surface area contributed by atoms with Crippen LogP contribution in [0.15, 0.2) is 485 Å². The van der Waals surface area contributed by atoms with Gasteiger partial charge in [0.05, 0.1) is 46.5 Å². The van der Waals surface area contributed by atoms with Gasteiger partial charge in [-0.3, -0.25) is 0 Å². The van der Waals surface area contributed by atoms with Gasteiger partial charge in [0, 0.05) is 0 Å². The fraction of sp³-hybridized carbons (Fsp3) is 0. The summed E-state index contributed by atoms with van der Waals surface area (Å²) in [5.74, 6) is 0. The molecule has 30 aromatic rings. The minimum Gasteiger partial charge on any atom is -0.192 e. The van der Waals surface area contributed by atoms with E-state index < -0.39 is 0 Å². The quantitative estimate of drug-likeness (QED) is 0.135. The summed E-state index contributed by atoms with van der Waals surface area (Å²) in [5.41, 5.74) is 24.0. The second-order valence-electron chi connectivity index (χ2n) is 38.0. The summed E-state index contributed by atoms with van der Waals surface area (Å²) in [5, 5.41) is 80.5. The van der Waals surface area contributed by atoms with Gasteiger partial charge < -0.3 is 0 Å². The lowest BCUT2D eigenvalue weighted by atomic mass is 9.84. The summed E-state index contributed by atoms with van der Waals surface area (Å²) in [4.78, 5) is 0. The lowest BCUT2D eigenvalue weighted by Gasteiger charge is -2.19. The zero-order valence-corrected chi connectivity index (χ0v) is 78.0. The van der Waals surface area contributed by atoms with Crippen molar-refractivity contribution in [2.24, 2.45) is 0 Å². The van der Waals surface area contributed by atoms with Gasteiger partial charge in [0.15, 0.2) is 0 Å². The van der Waals surface area contributed by atoms with Crippen molar-refractivity contribution >= 4 is 183 Å². The molecule has 0 fully saturated rings. The van der Waals surface area contributed by atoms with Gasteiger partial charge in [0.1, 0.15) is 0 Å². The SMILES string of the molecule is N#Cc1ccc(-c2cc3ccc(-c4ccccc4)c4ccc5c(-c6ccccc6)ccc2c5c34)cc1.N#Cc1ccc(-c2cc3ccc4cccc5ccc(c2)c3c45)cc1.N#Cc1ccc2cc(-c3cc4cccc5ccc6cccc3c6c54)ccc2c1.N#Cc1cccc(-c2cc(-c3ccc4cc(-c5ccc6ccc7cccc8ccc5c6c78)ccc4c3)cc(-c3ccc4ccc5cccc6ccc3c4c56)c2)c1. The summed E-state index contributed by atoms with van der Waals surface area (Å²) in [7, 11) is 0. The van der Waals surface area contributed by atoms with Crippen LogP contribution >= 0.6 is 0 Å². The molecule has 0 aromatic heterocycles. The Bertz CT molecular complexity index is 10500. The van der Waals surface area contributed by atoms with Crippen molar-refractivity contribution in [3.05, 3.63) is 508 Å².